The molecule has 0 saturated carbocycles. The molecule has 2 saturated heterocycles. The average molecular weight is 653 g/mol. The van der Waals surface area contributed by atoms with E-state index in [1.807, 2.05) is 0 Å². The molecule has 2 heterocycles. The summed E-state index contributed by atoms with van der Waals surface area (Å²) in [6.45, 7) is 4.91. The van der Waals surface area contributed by atoms with E-state index in [0.717, 1.165) is 12.8 Å². The van der Waals surface area contributed by atoms with Crippen molar-refractivity contribution < 1.29 is 64.5 Å². The van der Waals surface area contributed by atoms with Crippen LogP contribution in [-0.2, 0) is 28.8 Å². The molecular formula is C32H60O13. The number of aliphatic hydroxyl groups is 6. The van der Waals surface area contributed by atoms with Crippen molar-refractivity contribution in [2.75, 3.05) is 26.4 Å². The van der Waals surface area contributed by atoms with E-state index in [1.165, 1.54) is 77.0 Å². The zero-order chi connectivity index (χ0) is 33.5. The minimum Gasteiger partial charge on any atom is -0.483 e. The van der Waals surface area contributed by atoms with Crippen LogP contribution in [0.1, 0.15) is 103 Å². The van der Waals surface area contributed by atoms with Crippen LogP contribution in [0.3, 0.4) is 0 Å². The highest BCUT2D eigenvalue weighted by atomic mass is 17.2. The molecule has 0 amide bonds. The first kappa shape index (κ1) is 41.6. The second kappa shape index (κ2) is 25.7. The van der Waals surface area contributed by atoms with Crippen molar-refractivity contribution in [2.24, 2.45) is 0 Å². The fraction of sp³-hybridized carbons (Fsp3) is 0.906. The molecule has 266 valence electrons. The summed E-state index contributed by atoms with van der Waals surface area (Å²) in [5.74, 6) is 0.471. The highest BCUT2D eigenvalue weighted by molar-refractivity contribution is 5.32. The zero-order valence-electron chi connectivity index (χ0n) is 27.0. The Morgan fingerprint density at radius 1 is 0.644 bits per heavy atom. The second-order valence-electron chi connectivity index (χ2n) is 12.0. The summed E-state index contributed by atoms with van der Waals surface area (Å²) >= 11 is 0. The van der Waals surface area contributed by atoms with E-state index < -0.39 is 61.5 Å². The fourth-order valence-corrected chi connectivity index (χ4v) is 5.46. The number of hydrogen-bond acceptors (Lipinski definition) is 12. The predicted octanol–water partition coefficient (Wildman–Crippen LogP) is 2.37. The minimum atomic E-state index is -1.49. The van der Waals surface area contributed by atoms with E-state index in [4.69, 9.17) is 33.9 Å². The largest absolute Gasteiger partial charge is 0.483 e. The van der Waals surface area contributed by atoms with E-state index in [1.54, 1.807) is 0 Å². The van der Waals surface area contributed by atoms with Gasteiger partial charge in [0, 0.05) is 6.42 Å². The van der Waals surface area contributed by atoms with Gasteiger partial charge in [-0.15, -0.1) is 0 Å². The monoisotopic (exact) mass is 652 g/mol. The van der Waals surface area contributed by atoms with Gasteiger partial charge in [0.25, 0.3) is 6.47 Å². The molecule has 13 nitrogen and oxygen atoms in total. The van der Waals surface area contributed by atoms with Crippen molar-refractivity contribution in [3.05, 3.63) is 12.3 Å². The van der Waals surface area contributed by atoms with Gasteiger partial charge in [0.05, 0.1) is 19.8 Å². The number of aliphatic hydroxyl groups excluding tert-OH is 6. The van der Waals surface area contributed by atoms with Gasteiger partial charge in [-0.05, 0) is 6.42 Å². The van der Waals surface area contributed by atoms with E-state index >= 15 is 0 Å². The van der Waals surface area contributed by atoms with Gasteiger partial charge in [0.1, 0.15) is 67.3 Å². The van der Waals surface area contributed by atoms with Crippen LogP contribution in [0.15, 0.2) is 12.3 Å². The lowest BCUT2D eigenvalue weighted by Gasteiger charge is -2.40. The van der Waals surface area contributed by atoms with Crippen LogP contribution in [0.4, 0.5) is 0 Å². The number of carbonyl (C=O) groups is 1. The first-order valence-corrected chi connectivity index (χ1v) is 16.7. The first-order chi connectivity index (χ1) is 21.7. The van der Waals surface area contributed by atoms with Gasteiger partial charge in [0.15, 0.2) is 0 Å². The van der Waals surface area contributed by atoms with Crippen molar-refractivity contribution in [2.45, 2.75) is 158 Å². The lowest BCUT2D eigenvalue weighted by molar-refractivity contribution is -0.310. The Balaban J connectivity index is 0.00000324. The molecule has 0 aromatic carbocycles. The SMILES string of the molecule is C=C(CCCCCCCCCCCCCCCC)OOCC1OC(COCC2OC(CO)C(O)C2O)C(O)C(O)C1O.O=CO. The minimum absolute atomic E-state index is 0.136. The summed E-state index contributed by atoms with van der Waals surface area (Å²) in [6.07, 6.45) is 8.11. The summed E-state index contributed by atoms with van der Waals surface area (Å²) in [4.78, 5) is 18.8. The summed E-state index contributed by atoms with van der Waals surface area (Å²) in [7, 11) is 0. The summed E-state index contributed by atoms with van der Waals surface area (Å²) in [5, 5.41) is 66.8. The molecule has 0 aromatic rings. The van der Waals surface area contributed by atoms with Crippen molar-refractivity contribution >= 4 is 6.47 Å². The average Bonchev–Trinajstić information content (AvgIpc) is 3.30. The first-order valence-electron chi connectivity index (χ1n) is 16.7. The number of hydrogen-bond donors (Lipinski definition) is 7. The van der Waals surface area contributed by atoms with Crippen LogP contribution in [0.25, 0.3) is 0 Å². The fourth-order valence-electron chi connectivity index (χ4n) is 5.46. The summed E-state index contributed by atoms with van der Waals surface area (Å²) in [6, 6.07) is 0. The van der Waals surface area contributed by atoms with Gasteiger partial charge in [-0.2, -0.15) is 4.89 Å². The Labute approximate surface area is 268 Å². The van der Waals surface area contributed by atoms with Gasteiger partial charge >= 0.3 is 0 Å². The quantitative estimate of drug-likeness (QED) is 0.0263. The van der Waals surface area contributed by atoms with Crippen molar-refractivity contribution in [3.8, 4) is 0 Å². The molecule has 0 aromatic heterocycles. The summed E-state index contributed by atoms with van der Waals surface area (Å²) in [5.41, 5.74) is 0. The normalized spacial score (nSPS) is 29.6. The number of rotatable bonds is 24. The molecule has 7 N–H and O–H groups in total. The topological polar surface area (TPSA) is 205 Å². The van der Waals surface area contributed by atoms with Gasteiger partial charge in [-0.25, -0.2) is 0 Å². The molecule has 9 unspecified atom stereocenters. The standard InChI is InChI=1S/C31H58O11.CH2O2/c1-3-4-5-6-7-8-9-10-11-12-13-14-15-16-17-22(2)42-39-21-26-30(36)31(37)29(35)25(41-26)20-38-19-24-28(34)27(33)23(18-32)40-24;2-1-3/h23-37H,2-21H2,1H3;1H,(H,2,3). The van der Waals surface area contributed by atoms with Crippen LogP contribution >= 0.6 is 0 Å². The number of ether oxygens (including phenoxy) is 3. The maximum absolute atomic E-state index is 10.3. The lowest BCUT2D eigenvalue weighted by atomic mass is 9.95. The molecule has 2 aliphatic rings. The van der Waals surface area contributed by atoms with Crippen LogP contribution in [0.2, 0.25) is 0 Å². The molecule has 0 aliphatic carbocycles. The van der Waals surface area contributed by atoms with Gasteiger partial charge in [0.2, 0.25) is 0 Å². The molecule has 2 aliphatic heterocycles. The highest BCUT2D eigenvalue weighted by Crippen LogP contribution is 2.24. The molecule has 2 fully saturated rings. The van der Waals surface area contributed by atoms with Crippen LogP contribution in [-0.4, -0.2) is 124 Å². The van der Waals surface area contributed by atoms with E-state index in [-0.39, 0.29) is 26.3 Å². The molecule has 45 heavy (non-hydrogen) atoms. The third-order valence-corrected chi connectivity index (χ3v) is 8.24. The zero-order valence-corrected chi connectivity index (χ0v) is 27.0. The number of allylic oxidation sites excluding steroid dienone is 1. The van der Waals surface area contributed by atoms with Crippen LogP contribution in [0.5, 0.6) is 0 Å². The Morgan fingerprint density at radius 2 is 1.02 bits per heavy atom. The van der Waals surface area contributed by atoms with Crippen LogP contribution in [0, 0.1) is 0 Å². The third kappa shape index (κ3) is 16.8. The molecular weight excluding hydrogens is 592 g/mol. The van der Waals surface area contributed by atoms with E-state index in [9.17, 15) is 30.6 Å². The molecule has 9 atom stereocenters. The Morgan fingerprint density at radius 3 is 1.47 bits per heavy atom. The highest BCUT2D eigenvalue weighted by Gasteiger charge is 2.45. The van der Waals surface area contributed by atoms with Gasteiger partial charge < -0.3 is 54.8 Å². The maximum Gasteiger partial charge on any atom is 0.290 e. The molecule has 13 heteroatoms. The van der Waals surface area contributed by atoms with Crippen LogP contribution < -0.4 is 0 Å². The smallest absolute Gasteiger partial charge is 0.290 e. The maximum atomic E-state index is 10.3. The van der Waals surface area contributed by atoms with Crippen molar-refractivity contribution in [1.29, 1.82) is 0 Å². The number of unbranched alkanes of at least 4 members (excludes halogenated alkanes) is 13. The Kier molecular flexibility index (Phi) is 23.7. The predicted molar refractivity (Wildman–Crippen MR) is 165 cm³/mol. The van der Waals surface area contributed by atoms with Crippen molar-refractivity contribution in [3.63, 3.8) is 0 Å². The van der Waals surface area contributed by atoms with Gasteiger partial charge in [-0.1, -0.05) is 97.0 Å². The molecule has 0 bridgehead atoms. The molecule has 2 rings (SSSR count). The number of carboxylic acid groups (broad SMARTS) is 1. The molecule has 0 spiro atoms. The van der Waals surface area contributed by atoms with Gasteiger partial charge in [-0.3, -0.25) is 4.79 Å². The lowest BCUT2D eigenvalue weighted by Crippen LogP contribution is -2.59. The third-order valence-electron chi connectivity index (χ3n) is 8.24. The van der Waals surface area contributed by atoms with Crippen molar-refractivity contribution in [1.82, 2.24) is 0 Å². The molecule has 0 radical (unpaired) electrons. The Bertz CT molecular complexity index is 742. The Hall–Kier alpha value is -1.39. The summed E-state index contributed by atoms with van der Waals surface area (Å²) < 4.78 is 16.5. The second-order valence-corrected chi connectivity index (χ2v) is 12.0. The van der Waals surface area contributed by atoms with E-state index in [0.29, 0.717) is 12.2 Å². The van der Waals surface area contributed by atoms with E-state index in [2.05, 4.69) is 13.5 Å².